The van der Waals surface area contributed by atoms with Crippen LogP contribution < -0.4 is 4.72 Å². The number of nitrogens with one attached hydrogen (secondary N) is 1. The Balaban J connectivity index is 2.86. The van der Waals surface area contributed by atoms with Crippen LogP contribution in [0.5, 0.6) is 0 Å². The van der Waals surface area contributed by atoms with Crippen LogP contribution in [-0.2, 0) is 10.0 Å². The molecule has 0 aliphatic carbocycles. The number of hydrogen-bond acceptors (Lipinski definition) is 5. The molecule has 0 aliphatic heterocycles. The van der Waals surface area contributed by atoms with Crippen LogP contribution in [0.3, 0.4) is 0 Å². The molecule has 0 aliphatic rings. The van der Waals surface area contributed by atoms with E-state index in [1.807, 2.05) is 19.0 Å². The summed E-state index contributed by atoms with van der Waals surface area (Å²) in [6.07, 6.45) is 0.666. The van der Waals surface area contributed by atoms with E-state index < -0.39 is 16.0 Å². The van der Waals surface area contributed by atoms with Crippen LogP contribution in [-0.4, -0.2) is 51.1 Å². The highest BCUT2D eigenvalue weighted by atomic mass is 79.9. The highest BCUT2D eigenvalue weighted by Gasteiger charge is 2.24. The van der Waals surface area contributed by atoms with E-state index in [-0.39, 0.29) is 15.8 Å². The lowest BCUT2D eigenvalue weighted by Gasteiger charge is -2.16. The van der Waals surface area contributed by atoms with Crippen molar-refractivity contribution in [3.63, 3.8) is 0 Å². The van der Waals surface area contributed by atoms with E-state index in [1.165, 1.54) is 0 Å². The molecule has 0 spiro atoms. The highest BCUT2D eigenvalue weighted by Crippen LogP contribution is 2.31. The summed E-state index contributed by atoms with van der Waals surface area (Å²) >= 11 is 3.99. The third-order valence-corrected chi connectivity index (χ3v) is 6.35. The molecule has 2 N–H and O–H groups in total. The Labute approximate surface area is 131 Å². The molecule has 114 valence electrons. The summed E-state index contributed by atoms with van der Waals surface area (Å²) in [6, 6.07) is 0.931. The molecule has 0 fully saturated rings. The molecule has 1 atom stereocenters. The maximum absolute atomic E-state index is 12.2. The molecule has 0 bridgehead atoms. The quantitative estimate of drug-likeness (QED) is 0.748. The number of rotatable bonds is 7. The van der Waals surface area contributed by atoms with Gasteiger partial charge in [0, 0.05) is 6.04 Å². The minimum absolute atomic E-state index is 0.0156. The molecule has 1 rings (SSSR count). The van der Waals surface area contributed by atoms with Gasteiger partial charge in [0.2, 0.25) is 10.0 Å². The van der Waals surface area contributed by atoms with Crippen LogP contribution in [0.15, 0.2) is 14.7 Å². The topological polar surface area (TPSA) is 86.7 Å². The average molecular weight is 385 g/mol. The van der Waals surface area contributed by atoms with Crippen molar-refractivity contribution in [1.82, 2.24) is 9.62 Å². The van der Waals surface area contributed by atoms with Gasteiger partial charge < -0.3 is 10.0 Å². The van der Waals surface area contributed by atoms with E-state index in [1.54, 1.807) is 6.92 Å². The standard InChI is InChI=1S/C11H17BrN2O4S2/c1-7(4-5-14(2)3)13-20(17,18)9-6-8(11(15)16)19-10(9)12/h6-7,13H,4-5H2,1-3H3,(H,15,16). The van der Waals surface area contributed by atoms with Gasteiger partial charge in [0.05, 0.1) is 3.79 Å². The maximum atomic E-state index is 12.2. The zero-order chi connectivity index (χ0) is 15.5. The molecule has 6 nitrogen and oxygen atoms in total. The summed E-state index contributed by atoms with van der Waals surface area (Å²) < 4.78 is 27.3. The van der Waals surface area contributed by atoms with Crippen LogP contribution >= 0.6 is 27.3 Å². The van der Waals surface area contributed by atoms with E-state index in [4.69, 9.17) is 5.11 Å². The van der Waals surface area contributed by atoms with Crippen molar-refractivity contribution >= 4 is 43.3 Å². The van der Waals surface area contributed by atoms with Crippen molar-refractivity contribution in [2.75, 3.05) is 20.6 Å². The first-order valence-corrected chi connectivity index (χ1v) is 8.92. The molecule has 0 amide bonds. The van der Waals surface area contributed by atoms with Crippen LogP contribution in [0.25, 0.3) is 0 Å². The lowest BCUT2D eigenvalue weighted by Crippen LogP contribution is -2.34. The van der Waals surface area contributed by atoms with Crippen molar-refractivity contribution in [1.29, 1.82) is 0 Å². The van der Waals surface area contributed by atoms with Crippen LogP contribution in [0.2, 0.25) is 0 Å². The predicted octanol–water partition coefficient (Wildman–Crippen LogP) is 1.83. The molecule has 1 aromatic rings. The summed E-state index contributed by atoms with van der Waals surface area (Å²) in [5.41, 5.74) is 0. The first kappa shape index (κ1) is 17.6. The summed E-state index contributed by atoms with van der Waals surface area (Å²) in [6.45, 7) is 2.54. The van der Waals surface area contributed by atoms with Gasteiger partial charge in [-0.25, -0.2) is 17.9 Å². The summed E-state index contributed by atoms with van der Waals surface area (Å²) in [4.78, 5) is 12.8. The second-order valence-electron chi connectivity index (χ2n) is 4.67. The fraction of sp³-hybridized carbons (Fsp3) is 0.545. The Morgan fingerprint density at radius 3 is 2.60 bits per heavy atom. The van der Waals surface area contributed by atoms with E-state index in [0.717, 1.165) is 23.9 Å². The van der Waals surface area contributed by atoms with Gasteiger partial charge in [-0.2, -0.15) is 0 Å². The molecule has 0 saturated carbocycles. The van der Waals surface area contributed by atoms with Gasteiger partial charge in [-0.1, -0.05) is 0 Å². The molecule has 0 radical (unpaired) electrons. The van der Waals surface area contributed by atoms with Gasteiger partial charge in [-0.05, 0) is 56.0 Å². The summed E-state index contributed by atoms with van der Waals surface area (Å²) in [5, 5.41) is 8.88. The lowest BCUT2D eigenvalue weighted by atomic mass is 10.2. The predicted molar refractivity (Wildman–Crippen MR) is 81.9 cm³/mol. The number of halogens is 1. The fourth-order valence-electron chi connectivity index (χ4n) is 1.48. The minimum atomic E-state index is -3.72. The number of thiophene rings is 1. The van der Waals surface area contributed by atoms with Gasteiger partial charge in [-0.15, -0.1) is 11.3 Å². The maximum Gasteiger partial charge on any atom is 0.345 e. The minimum Gasteiger partial charge on any atom is -0.477 e. The Bertz CT molecular complexity index is 583. The summed E-state index contributed by atoms with van der Waals surface area (Å²) in [7, 11) is 0.106. The third kappa shape index (κ3) is 4.81. The third-order valence-electron chi connectivity index (χ3n) is 2.52. The number of aromatic carboxylic acids is 1. The van der Waals surface area contributed by atoms with Gasteiger partial charge in [0.25, 0.3) is 0 Å². The Morgan fingerprint density at radius 1 is 1.55 bits per heavy atom. The molecule has 20 heavy (non-hydrogen) atoms. The monoisotopic (exact) mass is 384 g/mol. The molecule has 1 unspecified atom stereocenters. The number of sulfonamides is 1. The first-order valence-electron chi connectivity index (χ1n) is 5.83. The summed E-state index contributed by atoms with van der Waals surface area (Å²) in [5.74, 6) is -1.14. The zero-order valence-electron chi connectivity index (χ0n) is 11.4. The van der Waals surface area contributed by atoms with Crippen LogP contribution in [0, 0.1) is 0 Å². The Kier molecular flexibility index (Phi) is 6.14. The molecule has 9 heteroatoms. The number of nitrogens with zero attached hydrogens (tertiary/aromatic N) is 1. The van der Waals surface area contributed by atoms with E-state index >= 15 is 0 Å². The number of hydrogen-bond donors (Lipinski definition) is 2. The van der Waals surface area contributed by atoms with Gasteiger partial charge in [-0.3, -0.25) is 0 Å². The first-order chi connectivity index (χ1) is 9.13. The molecule has 0 saturated heterocycles. The number of carboxylic acid groups (broad SMARTS) is 1. The molecule has 0 aromatic carbocycles. The fourth-order valence-corrected chi connectivity index (χ4v) is 5.16. The molecular weight excluding hydrogens is 368 g/mol. The van der Waals surface area contributed by atoms with E-state index in [9.17, 15) is 13.2 Å². The van der Waals surface area contributed by atoms with Crippen molar-refractivity contribution in [2.45, 2.75) is 24.3 Å². The average Bonchev–Trinajstić information content (AvgIpc) is 2.69. The molecule has 1 aromatic heterocycles. The van der Waals surface area contributed by atoms with Crippen LogP contribution in [0.4, 0.5) is 0 Å². The zero-order valence-corrected chi connectivity index (χ0v) is 14.6. The second-order valence-corrected chi connectivity index (χ2v) is 8.72. The van der Waals surface area contributed by atoms with Gasteiger partial charge in [0.15, 0.2) is 0 Å². The van der Waals surface area contributed by atoms with Crippen molar-refractivity contribution in [3.05, 3.63) is 14.7 Å². The highest BCUT2D eigenvalue weighted by molar-refractivity contribution is 9.11. The van der Waals surface area contributed by atoms with E-state index in [2.05, 4.69) is 20.7 Å². The van der Waals surface area contributed by atoms with Gasteiger partial charge >= 0.3 is 5.97 Å². The SMILES string of the molecule is CC(CCN(C)C)NS(=O)(=O)c1cc(C(=O)O)sc1Br. The Hall–Kier alpha value is -0.480. The lowest BCUT2D eigenvalue weighted by molar-refractivity contribution is 0.0702. The molecular formula is C11H17BrN2O4S2. The van der Waals surface area contributed by atoms with Crippen molar-refractivity contribution < 1.29 is 18.3 Å². The normalized spacial score (nSPS) is 13.7. The van der Waals surface area contributed by atoms with Crippen LogP contribution in [0.1, 0.15) is 23.0 Å². The van der Waals surface area contributed by atoms with Gasteiger partial charge in [0.1, 0.15) is 9.77 Å². The number of carboxylic acids is 1. The largest absolute Gasteiger partial charge is 0.477 e. The van der Waals surface area contributed by atoms with E-state index in [0.29, 0.717) is 10.2 Å². The second kappa shape index (κ2) is 6.99. The van der Waals surface area contributed by atoms with Crippen molar-refractivity contribution in [2.24, 2.45) is 0 Å². The smallest absolute Gasteiger partial charge is 0.345 e. The number of carbonyl (C=O) groups is 1. The molecule has 1 heterocycles. The van der Waals surface area contributed by atoms with Crippen molar-refractivity contribution in [3.8, 4) is 0 Å². The Morgan fingerprint density at radius 2 is 2.15 bits per heavy atom.